The largest absolute Gasteiger partial charge is 0.507 e. The summed E-state index contributed by atoms with van der Waals surface area (Å²) in [7, 11) is 0. The van der Waals surface area contributed by atoms with E-state index in [9.17, 15) is 5.11 Å². The summed E-state index contributed by atoms with van der Waals surface area (Å²) < 4.78 is 8.53. The molecule has 0 fully saturated rings. The van der Waals surface area contributed by atoms with Crippen molar-refractivity contribution in [3.8, 4) is 34.5 Å². The van der Waals surface area contributed by atoms with E-state index in [1.807, 2.05) is 66.7 Å². The molecular weight excluding hydrogens is 701 g/mol. The number of hydrogen-bond acceptors (Lipinski definition) is 4. The summed E-state index contributed by atoms with van der Waals surface area (Å²) in [4.78, 5) is 9.84. The summed E-state index contributed by atoms with van der Waals surface area (Å²) in [6, 6.07) is 33.0. The molecule has 3 aromatic heterocycles. The van der Waals surface area contributed by atoms with Crippen LogP contribution in [0.25, 0.3) is 38.9 Å². The van der Waals surface area contributed by atoms with Gasteiger partial charge in [-0.15, -0.1) is 6.07 Å². The number of pyridine rings is 2. The molecule has 5 nitrogen and oxygen atoms in total. The summed E-state index contributed by atoms with van der Waals surface area (Å²) in [6.45, 7) is 13.1. The zero-order chi connectivity index (χ0) is 28.9. The minimum atomic E-state index is -0.177. The molecule has 3 aromatic carbocycles. The standard InChI is InChI=1S/C36H34N3O2.Pt/c1-35(2,3)23-19-20-30(40)26(21-23)28-16-12-18-31(37-28)41-32-22-27(36(4,5)6)33-25-15-10-11-17-29(25)39(34(33)38-32)24-13-8-7-9-14-24;/h7-13,15-22,40H,1-6H3;/q-1;. The zero-order valence-corrected chi connectivity index (χ0v) is 26.9. The molecule has 0 bridgehead atoms. The number of hydrogen-bond donors (Lipinski definition) is 1. The van der Waals surface area contributed by atoms with Crippen molar-refractivity contribution >= 4 is 21.9 Å². The molecule has 6 aromatic rings. The van der Waals surface area contributed by atoms with Gasteiger partial charge in [-0.1, -0.05) is 77.6 Å². The smallest absolute Gasteiger partial charge is 0.223 e. The molecule has 0 atom stereocenters. The average Bonchev–Trinajstić information content (AvgIpc) is 3.26. The molecule has 0 saturated heterocycles. The second-order valence-electron chi connectivity index (χ2n) is 12.5. The van der Waals surface area contributed by atoms with E-state index in [2.05, 4.69) is 70.4 Å². The van der Waals surface area contributed by atoms with Gasteiger partial charge in [-0.05, 0) is 46.2 Å². The van der Waals surface area contributed by atoms with Crippen LogP contribution in [0.1, 0.15) is 52.7 Å². The van der Waals surface area contributed by atoms with Gasteiger partial charge >= 0.3 is 0 Å². The van der Waals surface area contributed by atoms with Crippen LogP contribution in [0.4, 0.5) is 0 Å². The van der Waals surface area contributed by atoms with Crippen LogP contribution in [0.15, 0.2) is 91.0 Å². The van der Waals surface area contributed by atoms with Gasteiger partial charge in [0.2, 0.25) is 11.8 Å². The van der Waals surface area contributed by atoms with Gasteiger partial charge in [0.1, 0.15) is 11.4 Å². The number of phenols is 1. The predicted octanol–water partition coefficient (Wildman–Crippen LogP) is 9.13. The summed E-state index contributed by atoms with van der Waals surface area (Å²) in [6.07, 6.45) is 0. The minimum Gasteiger partial charge on any atom is -0.507 e. The Labute approximate surface area is 261 Å². The topological polar surface area (TPSA) is 60.2 Å². The quantitative estimate of drug-likeness (QED) is 0.184. The van der Waals surface area contributed by atoms with Gasteiger partial charge in [0.05, 0.1) is 11.2 Å². The summed E-state index contributed by atoms with van der Waals surface area (Å²) >= 11 is 0. The number of phenolic OH excluding ortho intramolecular Hbond substituents is 1. The van der Waals surface area contributed by atoms with Gasteiger partial charge in [0.25, 0.3) is 0 Å². The molecule has 0 spiro atoms. The number of ether oxygens (including phenoxy) is 1. The van der Waals surface area contributed by atoms with E-state index in [1.54, 1.807) is 6.07 Å². The van der Waals surface area contributed by atoms with Crippen LogP contribution in [0.3, 0.4) is 0 Å². The van der Waals surface area contributed by atoms with Crippen LogP contribution in [-0.2, 0) is 31.9 Å². The molecule has 3 heterocycles. The number of para-hydroxylation sites is 2. The van der Waals surface area contributed by atoms with E-state index >= 15 is 0 Å². The monoisotopic (exact) mass is 735 g/mol. The van der Waals surface area contributed by atoms with Crippen molar-refractivity contribution in [1.29, 1.82) is 0 Å². The Balaban J connectivity index is 0.00000353. The van der Waals surface area contributed by atoms with Crippen molar-refractivity contribution < 1.29 is 30.9 Å². The van der Waals surface area contributed by atoms with E-state index in [-0.39, 0.29) is 37.6 Å². The minimum absolute atomic E-state index is 0. The first kappa shape index (κ1) is 29.5. The SMILES string of the molecule is CC(C)(C)c1ccc(O)c(-c2cccc(Oc3cc(C(C)(C)C)c4c5ccccc5n(-c5[c-]cccc5)c4n3)n2)c1.[Pt]. The molecule has 0 aliphatic heterocycles. The van der Waals surface area contributed by atoms with Crippen LogP contribution in [0.2, 0.25) is 0 Å². The summed E-state index contributed by atoms with van der Waals surface area (Å²) in [5.74, 6) is 1.05. The van der Waals surface area contributed by atoms with Crippen LogP contribution >= 0.6 is 0 Å². The maximum atomic E-state index is 10.7. The fraction of sp³-hybridized carbons (Fsp3) is 0.222. The maximum Gasteiger partial charge on any atom is 0.223 e. The normalized spacial score (nSPS) is 12.0. The van der Waals surface area contributed by atoms with E-state index in [0.717, 1.165) is 38.8 Å². The number of aromatic nitrogens is 3. The molecule has 0 amide bonds. The Bertz CT molecular complexity index is 1900. The molecule has 6 rings (SSSR count). The number of fused-ring (bicyclic) bond motifs is 3. The second kappa shape index (κ2) is 11.0. The van der Waals surface area contributed by atoms with E-state index < -0.39 is 0 Å². The van der Waals surface area contributed by atoms with Gasteiger partial charge in [-0.2, -0.15) is 29.2 Å². The number of nitrogens with zero attached hydrogens (tertiary/aromatic N) is 3. The average molecular weight is 736 g/mol. The fourth-order valence-corrected chi connectivity index (χ4v) is 5.28. The maximum absolute atomic E-state index is 10.7. The van der Waals surface area contributed by atoms with E-state index in [4.69, 9.17) is 14.7 Å². The fourth-order valence-electron chi connectivity index (χ4n) is 5.28. The summed E-state index contributed by atoms with van der Waals surface area (Å²) in [5, 5.41) is 12.9. The molecule has 0 unspecified atom stereocenters. The predicted molar refractivity (Wildman–Crippen MR) is 166 cm³/mol. The van der Waals surface area contributed by atoms with Crippen LogP contribution in [0.5, 0.6) is 17.5 Å². The van der Waals surface area contributed by atoms with Gasteiger partial charge in [0, 0.05) is 49.5 Å². The van der Waals surface area contributed by atoms with Crippen molar-refractivity contribution in [3.63, 3.8) is 0 Å². The molecule has 216 valence electrons. The van der Waals surface area contributed by atoms with Crippen molar-refractivity contribution in [1.82, 2.24) is 14.5 Å². The Morgan fingerprint density at radius 2 is 1.52 bits per heavy atom. The molecule has 42 heavy (non-hydrogen) atoms. The van der Waals surface area contributed by atoms with Crippen molar-refractivity contribution in [2.45, 2.75) is 52.4 Å². The molecule has 0 saturated carbocycles. The van der Waals surface area contributed by atoms with Gasteiger partial charge in [-0.25, -0.2) is 4.98 Å². The molecule has 0 aliphatic rings. The number of benzene rings is 3. The third-order valence-electron chi connectivity index (χ3n) is 7.42. The second-order valence-corrected chi connectivity index (χ2v) is 12.5. The van der Waals surface area contributed by atoms with Gasteiger partial charge in [0.15, 0.2) is 0 Å². The molecule has 6 heteroatoms. The third-order valence-corrected chi connectivity index (χ3v) is 7.42. The molecule has 0 aliphatic carbocycles. The van der Waals surface area contributed by atoms with E-state index in [0.29, 0.717) is 23.0 Å². The summed E-state index contributed by atoms with van der Waals surface area (Å²) in [5.41, 5.74) is 6.10. The zero-order valence-electron chi connectivity index (χ0n) is 24.7. The van der Waals surface area contributed by atoms with Crippen LogP contribution < -0.4 is 4.74 Å². The van der Waals surface area contributed by atoms with Crippen molar-refractivity contribution in [2.24, 2.45) is 0 Å². The number of aromatic hydroxyl groups is 1. The first-order valence-electron chi connectivity index (χ1n) is 13.9. The van der Waals surface area contributed by atoms with Crippen LogP contribution in [-0.4, -0.2) is 19.6 Å². The van der Waals surface area contributed by atoms with Gasteiger partial charge < -0.3 is 14.4 Å². The molecular formula is C36H34N3O2Pt-. The first-order chi connectivity index (χ1) is 19.5. The number of rotatable bonds is 4. The van der Waals surface area contributed by atoms with Crippen LogP contribution in [0, 0.1) is 6.07 Å². The van der Waals surface area contributed by atoms with Crippen molar-refractivity contribution in [3.05, 3.63) is 108 Å². The Kier molecular flexibility index (Phi) is 7.76. The Hall–Kier alpha value is -3.95. The third kappa shape index (κ3) is 5.46. The Morgan fingerprint density at radius 1 is 0.762 bits per heavy atom. The first-order valence-corrected chi connectivity index (χ1v) is 13.9. The van der Waals surface area contributed by atoms with Crippen molar-refractivity contribution in [2.75, 3.05) is 0 Å². The van der Waals surface area contributed by atoms with E-state index in [1.165, 1.54) is 0 Å². The molecule has 0 radical (unpaired) electrons. The molecule has 1 N–H and O–H groups in total. The van der Waals surface area contributed by atoms with Gasteiger partial charge in [-0.3, -0.25) is 0 Å². The Morgan fingerprint density at radius 3 is 2.24 bits per heavy atom.